The summed E-state index contributed by atoms with van der Waals surface area (Å²) in [5.41, 5.74) is 15.1. The van der Waals surface area contributed by atoms with Crippen LogP contribution in [-0.4, -0.2) is 33.2 Å². The minimum Gasteiger partial charge on any atom is 0 e. The molecule has 1 aliphatic rings. The van der Waals surface area contributed by atoms with E-state index in [1.165, 1.54) is 15.5 Å². The summed E-state index contributed by atoms with van der Waals surface area (Å²) in [6.45, 7) is 26.8. The van der Waals surface area contributed by atoms with Crippen LogP contribution in [0.3, 0.4) is 0 Å². The zero-order chi connectivity index (χ0) is 47.3. The maximum Gasteiger partial charge on any atom is 0 e. The number of benzene rings is 6. The van der Waals surface area contributed by atoms with E-state index in [4.69, 9.17) is 13.7 Å². The monoisotopic (exact) mass is 1130 g/mol. The first-order chi connectivity index (χ1) is 30.9. The van der Waals surface area contributed by atoms with Gasteiger partial charge < -0.3 is 5.11 Å². The summed E-state index contributed by atoms with van der Waals surface area (Å²) >= 11 is -2.94. The van der Waals surface area contributed by atoms with E-state index in [-0.39, 0.29) is 48.5 Å². The molecule has 0 saturated heterocycles. The number of phenolic OH excluding ortho intramolecular Hbond substituents is 1. The van der Waals surface area contributed by atoms with E-state index < -0.39 is 13.6 Å². The molecule has 346 valence electrons. The van der Waals surface area contributed by atoms with Crippen molar-refractivity contribution in [3.05, 3.63) is 156 Å². The first kappa shape index (κ1) is 48.2. The number of pyridine rings is 1. The van der Waals surface area contributed by atoms with Crippen LogP contribution in [0, 0.1) is 6.07 Å². The third-order valence-corrected chi connectivity index (χ3v) is 18.4. The first-order valence-corrected chi connectivity index (χ1v) is 29.5. The van der Waals surface area contributed by atoms with E-state index in [0.717, 1.165) is 78.2 Å². The predicted octanol–water partition coefficient (Wildman–Crippen LogP) is 15.3. The third-order valence-electron chi connectivity index (χ3n) is 13.3. The summed E-state index contributed by atoms with van der Waals surface area (Å²) in [6.07, 6.45) is 1.91. The summed E-state index contributed by atoms with van der Waals surface area (Å²) in [7, 11) is 0. The van der Waals surface area contributed by atoms with Crippen LogP contribution in [0.1, 0.15) is 105 Å². The van der Waals surface area contributed by atoms with Crippen LogP contribution in [0.15, 0.2) is 128 Å². The summed E-state index contributed by atoms with van der Waals surface area (Å²) in [5, 5.41) is 12.6. The van der Waals surface area contributed by atoms with Gasteiger partial charge in [0.1, 0.15) is 0 Å². The minimum atomic E-state index is -2.94. The van der Waals surface area contributed by atoms with Gasteiger partial charge in [-0.15, -0.1) is 0 Å². The van der Waals surface area contributed by atoms with Gasteiger partial charge in [0.2, 0.25) is 0 Å². The number of hydrogen-bond donors (Lipinski definition) is 1. The van der Waals surface area contributed by atoms with Crippen LogP contribution in [-0.2, 0) is 42.7 Å². The van der Waals surface area contributed by atoms with E-state index in [1.54, 1.807) is 0 Å². The Hall–Kier alpha value is -5.23. The zero-order valence-electron chi connectivity index (χ0n) is 41.6. The second kappa shape index (κ2) is 17.1. The number of aromatic nitrogens is 3. The van der Waals surface area contributed by atoms with Crippen molar-refractivity contribution in [3.8, 4) is 73.2 Å². The molecule has 0 atom stereocenters. The molecule has 0 saturated carbocycles. The molecule has 1 aliphatic heterocycles. The van der Waals surface area contributed by atoms with Gasteiger partial charge in [0, 0.05) is 26.6 Å². The summed E-state index contributed by atoms with van der Waals surface area (Å²) in [4.78, 5) is 10.8. The van der Waals surface area contributed by atoms with Gasteiger partial charge in [-0.25, -0.2) is 0 Å². The number of rotatable bonds is 5. The normalized spacial score (nSPS) is 13.7. The molecular weight excluding hydrogens is 1060 g/mol. The van der Waals surface area contributed by atoms with E-state index in [1.807, 2.05) is 6.20 Å². The maximum atomic E-state index is 12.6. The van der Waals surface area contributed by atoms with Gasteiger partial charge in [0.25, 0.3) is 0 Å². The predicted molar refractivity (Wildman–Crippen MR) is 279 cm³/mol. The standard InChI is InChI=1S/C60H64GeN3O2.Pt/c1-57(2,3)40-27-28-50(46(34-40)37-21-16-15-17-22-37)64-51-26-20-24-43(53(51)63-56(64)47-35-42(59(7,8)9)36-48(54(47)65)60(10,11)12)38-31-39(33-41(32-38)58(4,5)6)52-55-45(29-30-62-52)44-23-18-19-25-49(44)61(13,14)66-55;/h15-30,32-36,65H,1-14H3;/q-1;. The van der Waals surface area contributed by atoms with Crippen molar-refractivity contribution in [2.45, 2.75) is 116 Å². The molecule has 0 radical (unpaired) electrons. The fraction of sp³-hybridized carbons (Fsp3) is 0.300. The molecule has 0 unspecified atom stereocenters. The Kier molecular flexibility index (Phi) is 12.3. The van der Waals surface area contributed by atoms with Gasteiger partial charge in [-0.05, 0) is 39.0 Å². The van der Waals surface area contributed by atoms with Crippen molar-refractivity contribution >= 4 is 29.0 Å². The van der Waals surface area contributed by atoms with Crippen molar-refractivity contribution in [2.24, 2.45) is 0 Å². The van der Waals surface area contributed by atoms with Crippen LogP contribution < -0.4 is 8.16 Å². The molecule has 2 aromatic heterocycles. The molecule has 8 aromatic rings. The Balaban J connectivity index is 0.00000608. The van der Waals surface area contributed by atoms with Crippen molar-refractivity contribution in [1.82, 2.24) is 14.5 Å². The molecule has 0 fully saturated rings. The number of hydrogen-bond acceptors (Lipinski definition) is 4. The first-order valence-electron chi connectivity index (χ1n) is 23.4. The maximum absolute atomic E-state index is 12.6. The molecule has 3 heterocycles. The average molecular weight is 1130 g/mol. The molecule has 5 nitrogen and oxygen atoms in total. The molecule has 7 heteroatoms. The molecular formula is C60H64GeN3O2Pt-. The molecule has 67 heavy (non-hydrogen) atoms. The average Bonchev–Trinajstić information content (AvgIpc) is 3.64. The van der Waals surface area contributed by atoms with E-state index in [9.17, 15) is 5.11 Å². The van der Waals surface area contributed by atoms with Gasteiger partial charge in [0.15, 0.2) is 0 Å². The Morgan fingerprint density at radius 2 is 1.18 bits per heavy atom. The number of aromatic hydroxyl groups is 1. The molecule has 0 amide bonds. The second-order valence-electron chi connectivity index (χ2n) is 22.9. The second-order valence-corrected chi connectivity index (χ2v) is 30.7. The van der Waals surface area contributed by atoms with Gasteiger partial charge in [0.05, 0.1) is 0 Å². The molecule has 0 aliphatic carbocycles. The molecule has 9 rings (SSSR count). The van der Waals surface area contributed by atoms with Crippen molar-refractivity contribution in [2.75, 3.05) is 0 Å². The smallest absolute Gasteiger partial charge is 0 e. The number of fused-ring (bicyclic) bond motifs is 4. The number of imidazole rings is 1. The Morgan fingerprint density at radius 3 is 1.85 bits per heavy atom. The molecule has 0 bridgehead atoms. The van der Waals surface area contributed by atoms with Crippen LogP contribution in [0.25, 0.3) is 72.7 Å². The van der Waals surface area contributed by atoms with E-state index >= 15 is 0 Å². The Labute approximate surface area is 416 Å². The fourth-order valence-corrected chi connectivity index (χ4v) is 14.0. The SMILES string of the molecule is CC(C)(C)c1cc(-c2nccc3c2[O][Ge]([CH3])([CH3])[c]2ccccc2-3)[c-]c(-c2cccc3c2nc(-c2cc(C(C)(C)C)cc(C(C)(C)C)c2O)n3-c2ccc(C(C)(C)C)cc2-c2ccccc2)c1.[Pt]. The quantitative estimate of drug-likeness (QED) is 0.138. The summed E-state index contributed by atoms with van der Waals surface area (Å²) in [6, 6.07) is 47.5. The topological polar surface area (TPSA) is 60.2 Å². The number of nitrogens with zero attached hydrogens (tertiary/aromatic N) is 3. The largest absolute Gasteiger partial charge is 0 e. The number of phenols is 1. The Bertz CT molecular complexity index is 3190. The van der Waals surface area contributed by atoms with Gasteiger partial charge >= 0.3 is 243 Å². The third kappa shape index (κ3) is 8.88. The van der Waals surface area contributed by atoms with Crippen LogP contribution in [0.4, 0.5) is 0 Å². The van der Waals surface area contributed by atoms with Gasteiger partial charge in [-0.3, -0.25) is 0 Å². The van der Waals surface area contributed by atoms with E-state index in [2.05, 4.69) is 227 Å². The summed E-state index contributed by atoms with van der Waals surface area (Å²) < 4.78 is 10.7. The van der Waals surface area contributed by atoms with Crippen molar-refractivity contribution < 1.29 is 29.9 Å². The van der Waals surface area contributed by atoms with Crippen LogP contribution in [0.5, 0.6) is 11.5 Å². The number of para-hydroxylation sites is 1. The summed E-state index contributed by atoms with van der Waals surface area (Å²) in [5.74, 6) is 6.40. The van der Waals surface area contributed by atoms with Crippen molar-refractivity contribution in [3.63, 3.8) is 0 Å². The molecule has 0 spiro atoms. The Morgan fingerprint density at radius 1 is 0.567 bits per heavy atom. The molecule has 1 N–H and O–H groups in total. The zero-order valence-corrected chi connectivity index (χ0v) is 46.0. The molecule has 6 aromatic carbocycles. The van der Waals surface area contributed by atoms with Gasteiger partial charge in [-0.1, -0.05) is 105 Å². The van der Waals surface area contributed by atoms with Crippen LogP contribution >= 0.6 is 0 Å². The van der Waals surface area contributed by atoms with Gasteiger partial charge in [-0.2, -0.15) is 0 Å². The van der Waals surface area contributed by atoms with Crippen molar-refractivity contribution in [1.29, 1.82) is 0 Å². The minimum absolute atomic E-state index is 0. The van der Waals surface area contributed by atoms with Crippen LogP contribution in [0.2, 0.25) is 11.5 Å². The fourth-order valence-electron chi connectivity index (χ4n) is 9.38. The van der Waals surface area contributed by atoms with E-state index in [0.29, 0.717) is 11.4 Å².